The second-order valence-electron chi connectivity index (χ2n) is 6.71. The maximum Gasteiger partial charge on any atom is 0.137 e. The number of aryl methyl sites for hydroxylation is 1. The third kappa shape index (κ3) is 4.55. The fraction of sp³-hybridized carbons (Fsp3) is 0.588. The average molecular weight is 289 g/mol. The predicted molar refractivity (Wildman–Crippen MR) is 86.3 cm³/mol. The van der Waals surface area contributed by atoms with Gasteiger partial charge in [-0.25, -0.2) is 4.98 Å². The van der Waals surface area contributed by atoms with Crippen LogP contribution in [-0.4, -0.2) is 26.6 Å². The van der Waals surface area contributed by atoms with Crippen LogP contribution in [0.2, 0.25) is 0 Å². The van der Waals surface area contributed by atoms with E-state index in [1.165, 1.54) is 5.56 Å². The zero-order valence-corrected chi connectivity index (χ0v) is 13.6. The van der Waals surface area contributed by atoms with Crippen molar-refractivity contribution < 1.29 is 5.11 Å². The maximum atomic E-state index is 10.4. The van der Waals surface area contributed by atoms with E-state index in [-0.39, 0.29) is 0 Å². The van der Waals surface area contributed by atoms with Crippen molar-refractivity contribution in [2.24, 2.45) is 5.92 Å². The molecule has 0 spiro atoms. The molecule has 2 aromatic rings. The Hall–Kier alpha value is -1.39. The molecule has 2 N–H and O–H groups in total. The van der Waals surface area contributed by atoms with Crippen LogP contribution in [0, 0.1) is 12.8 Å². The van der Waals surface area contributed by atoms with Crippen molar-refractivity contribution in [2.45, 2.75) is 52.7 Å². The maximum absolute atomic E-state index is 10.4. The second kappa shape index (κ2) is 6.58. The largest absolute Gasteiger partial charge is 0.389 e. The number of nitrogens with one attached hydrogen (secondary N) is 1. The van der Waals surface area contributed by atoms with Gasteiger partial charge in [0.2, 0.25) is 0 Å². The standard InChI is InChI=1S/C17H27N3O/c1-13(2)5-7-17(4,21)12-18-10-15-11-19-16-9-14(3)6-8-20(15)16/h6,8-9,11,13,18,21H,5,7,10,12H2,1-4H3. The number of aromatic nitrogens is 2. The molecule has 2 heterocycles. The number of hydrogen-bond acceptors (Lipinski definition) is 3. The highest BCUT2D eigenvalue weighted by Gasteiger charge is 2.20. The molecule has 1 unspecified atom stereocenters. The molecule has 0 saturated carbocycles. The van der Waals surface area contributed by atoms with E-state index in [0.29, 0.717) is 19.0 Å². The number of fused-ring (bicyclic) bond motifs is 1. The molecule has 0 radical (unpaired) electrons. The molecule has 4 heteroatoms. The van der Waals surface area contributed by atoms with Crippen LogP contribution in [0.1, 0.15) is 44.9 Å². The lowest BCUT2D eigenvalue weighted by Crippen LogP contribution is -2.37. The smallest absolute Gasteiger partial charge is 0.137 e. The van der Waals surface area contributed by atoms with Crippen molar-refractivity contribution in [3.8, 4) is 0 Å². The van der Waals surface area contributed by atoms with E-state index in [4.69, 9.17) is 0 Å². The van der Waals surface area contributed by atoms with Gasteiger partial charge in [0.1, 0.15) is 5.65 Å². The van der Waals surface area contributed by atoms with Crippen LogP contribution in [0.25, 0.3) is 5.65 Å². The molecule has 4 nitrogen and oxygen atoms in total. The first kappa shape index (κ1) is 16.0. The molecule has 116 valence electrons. The Bertz CT molecular complexity index is 587. The highest BCUT2D eigenvalue weighted by atomic mass is 16.3. The minimum Gasteiger partial charge on any atom is -0.389 e. The fourth-order valence-electron chi connectivity index (χ4n) is 2.41. The number of imidazole rings is 1. The quantitative estimate of drug-likeness (QED) is 0.824. The summed E-state index contributed by atoms with van der Waals surface area (Å²) in [6, 6.07) is 4.15. The van der Waals surface area contributed by atoms with Crippen molar-refractivity contribution in [3.63, 3.8) is 0 Å². The summed E-state index contributed by atoms with van der Waals surface area (Å²) in [6.07, 6.45) is 5.81. The van der Waals surface area contributed by atoms with Crippen LogP contribution in [0.4, 0.5) is 0 Å². The number of aliphatic hydroxyl groups is 1. The molecule has 0 saturated heterocycles. The van der Waals surface area contributed by atoms with Crippen LogP contribution in [-0.2, 0) is 6.54 Å². The Morgan fingerprint density at radius 1 is 1.43 bits per heavy atom. The fourth-order valence-corrected chi connectivity index (χ4v) is 2.41. The molecule has 1 atom stereocenters. The topological polar surface area (TPSA) is 49.6 Å². The van der Waals surface area contributed by atoms with Crippen molar-refractivity contribution in [1.29, 1.82) is 0 Å². The van der Waals surface area contributed by atoms with Gasteiger partial charge in [0.05, 0.1) is 17.5 Å². The molecule has 0 amide bonds. The van der Waals surface area contributed by atoms with Crippen LogP contribution in [0.15, 0.2) is 24.5 Å². The van der Waals surface area contributed by atoms with E-state index in [0.717, 1.165) is 24.2 Å². The number of hydrogen-bond donors (Lipinski definition) is 2. The van der Waals surface area contributed by atoms with Gasteiger partial charge in [0.15, 0.2) is 0 Å². The molecule has 21 heavy (non-hydrogen) atoms. The minimum atomic E-state index is -0.651. The Morgan fingerprint density at radius 2 is 2.19 bits per heavy atom. The normalized spacial score (nSPS) is 14.8. The van der Waals surface area contributed by atoms with Crippen molar-refractivity contribution in [3.05, 3.63) is 35.8 Å². The van der Waals surface area contributed by atoms with Gasteiger partial charge in [0, 0.05) is 19.3 Å². The Labute approximate surface area is 127 Å². The van der Waals surface area contributed by atoms with Gasteiger partial charge in [-0.3, -0.25) is 0 Å². The highest BCUT2D eigenvalue weighted by molar-refractivity contribution is 5.42. The van der Waals surface area contributed by atoms with Crippen molar-refractivity contribution in [2.75, 3.05) is 6.54 Å². The SMILES string of the molecule is Cc1ccn2c(CNCC(C)(O)CCC(C)C)cnc2c1. The van der Waals surface area contributed by atoms with Gasteiger partial charge in [-0.1, -0.05) is 13.8 Å². The molecule has 0 aliphatic rings. The van der Waals surface area contributed by atoms with Crippen molar-refractivity contribution in [1.82, 2.24) is 14.7 Å². The van der Waals surface area contributed by atoms with Crippen LogP contribution in [0.3, 0.4) is 0 Å². The summed E-state index contributed by atoms with van der Waals surface area (Å²) in [7, 11) is 0. The van der Waals surface area contributed by atoms with Crippen LogP contribution < -0.4 is 5.32 Å². The van der Waals surface area contributed by atoms with E-state index in [2.05, 4.69) is 47.6 Å². The van der Waals surface area contributed by atoms with Gasteiger partial charge in [0.25, 0.3) is 0 Å². The molecule has 0 aliphatic carbocycles. The first-order valence-corrected chi connectivity index (χ1v) is 7.73. The van der Waals surface area contributed by atoms with Gasteiger partial charge >= 0.3 is 0 Å². The molecule has 0 bridgehead atoms. The summed E-state index contributed by atoms with van der Waals surface area (Å²) in [6.45, 7) is 9.65. The molecule has 2 rings (SSSR count). The van der Waals surface area contributed by atoms with Crippen molar-refractivity contribution >= 4 is 5.65 Å². The van der Waals surface area contributed by atoms with Gasteiger partial charge in [-0.05, 0) is 50.3 Å². The van der Waals surface area contributed by atoms with Crippen LogP contribution >= 0.6 is 0 Å². The lowest BCUT2D eigenvalue weighted by atomic mass is 9.95. The van der Waals surface area contributed by atoms with E-state index < -0.39 is 5.60 Å². The minimum absolute atomic E-state index is 0.596. The summed E-state index contributed by atoms with van der Waals surface area (Å²) in [5, 5.41) is 13.7. The van der Waals surface area contributed by atoms with E-state index >= 15 is 0 Å². The van der Waals surface area contributed by atoms with Gasteiger partial charge < -0.3 is 14.8 Å². The summed E-state index contributed by atoms with van der Waals surface area (Å²) >= 11 is 0. The number of nitrogens with zero attached hydrogens (tertiary/aromatic N) is 2. The third-order valence-corrected chi connectivity index (χ3v) is 3.82. The number of pyridine rings is 1. The molecule has 0 aliphatic heterocycles. The molecule has 0 aromatic carbocycles. The molecular formula is C17H27N3O. The first-order valence-electron chi connectivity index (χ1n) is 7.73. The lowest BCUT2D eigenvalue weighted by Gasteiger charge is -2.24. The Morgan fingerprint density at radius 3 is 2.90 bits per heavy atom. The van der Waals surface area contributed by atoms with Gasteiger partial charge in [-0.15, -0.1) is 0 Å². The molecule has 0 fully saturated rings. The summed E-state index contributed by atoms with van der Waals surface area (Å²) in [4.78, 5) is 4.41. The molecule has 2 aromatic heterocycles. The second-order valence-corrected chi connectivity index (χ2v) is 6.71. The lowest BCUT2D eigenvalue weighted by molar-refractivity contribution is 0.0450. The first-order chi connectivity index (χ1) is 9.87. The zero-order valence-electron chi connectivity index (χ0n) is 13.6. The number of rotatable bonds is 7. The summed E-state index contributed by atoms with van der Waals surface area (Å²) in [5.41, 5.74) is 2.65. The highest BCUT2D eigenvalue weighted by Crippen LogP contribution is 2.16. The Kier molecular flexibility index (Phi) is 5.01. The monoisotopic (exact) mass is 289 g/mol. The Balaban J connectivity index is 1.90. The third-order valence-electron chi connectivity index (χ3n) is 3.82. The van der Waals surface area contributed by atoms with E-state index in [9.17, 15) is 5.11 Å². The van der Waals surface area contributed by atoms with E-state index in [1.54, 1.807) is 0 Å². The van der Waals surface area contributed by atoms with Gasteiger partial charge in [-0.2, -0.15) is 0 Å². The average Bonchev–Trinajstić information content (AvgIpc) is 2.79. The van der Waals surface area contributed by atoms with Crippen LogP contribution in [0.5, 0.6) is 0 Å². The molecular weight excluding hydrogens is 262 g/mol. The summed E-state index contributed by atoms with van der Waals surface area (Å²) in [5.74, 6) is 0.624. The van der Waals surface area contributed by atoms with E-state index in [1.807, 2.05) is 19.3 Å². The zero-order chi connectivity index (χ0) is 15.5. The summed E-state index contributed by atoms with van der Waals surface area (Å²) < 4.78 is 2.09. The predicted octanol–water partition coefficient (Wildman–Crippen LogP) is 2.92.